The maximum atomic E-state index is 10.7. The van der Waals surface area contributed by atoms with Crippen LogP contribution in [0.25, 0.3) is 0 Å². The van der Waals surface area contributed by atoms with Gasteiger partial charge in [-0.25, -0.2) is 0 Å². The first-order chi connectivity index (χ1) is 7.07. The van der Waals surface area contributed by atoms with Crippen molar-refractivity contribution in [2.24, 2.45) is 0 Å². The fourth-order valence-electron chi connectivity index (χ4n) is 1.53. The quantitative estimate of drug-likeness (QED) is 0.449. The summed E-state index contributed by atoms with van der Waals surface area (Å²) in [6.07, 6.45) is 0. The van der Waals surface area contributed by atoms with Gasteiger partial charge in [0.2, 0.25) is 0 Å². The van der Waals surface area contributed by atoms with Gasteiger partial charge in [0.25, 0.3) is 0 Å². The van der Waals surface area contributed by atoms with Gasteiger partial charge < -0.3 is 5.32 Å². The van der Waals surface area contributed by atoms with Gasteiger partial charge in [-0.3, -0.25) is 14.8 Å². The Hall–Kier alpha value is -1.43. The molecule has 0 amide bonds. The van der Waals surface area contributed by atoms with Crippen molar-refractivity contribution < 1.29 is 4.92 Å². The first-order valence-corrected chi connectivity index (χ1v) is 4.97. The zero-order valence-corrected chi connectivity index (χ0v) is 9.28. The van der Waals surface area contributed by atoms with Crippen molar-refractivity contribution >= 4 is 5.69 Å². The number of nitro groups is 1. The molecule has 0 aromatic carbocycles. The number of hydrogen-bond donors (Lipinski definition) is 1. The molecule has 0 saturated carbocycles. The van der Waals surface area contributed by atoms with Gasteiger partial charge in [-0.05, 0) is 20.4 Å². The Morgan fingerprint density at radius 2 is 2.20 bits per heavy atom. The minimum Gasteiger partial charge on any atom is -0.315 e. The highest BCUT2D eigenvalue weighted by Gasteiger charge is 2.21. The Morgan fingerprint density at radius 3 is 2.67 bits per heavy atom. The predicted octanol–water partition coefficient (Wildman–Crippen LogP) is 1.02. The van der Waals surface area contributed by atoms with E-state index in [2.05, 4.69) is 10.4 Å². The molecule has 0 radical (unpaired) electrons. The Balaban J connectivity index is 2.82. The second kappa shape index (κ2) is 4.88. The first kappa shape index (κ1) is 11.6. The van der Waals surface area contributed by atoms with Crippen LogP contribution >= 0.6 is 0 Å². The van der Waals surface area contributed by atoms with Crippen molar-refractivity contribution in [1.82, 2.24) is 15.1 Å². The van der Waals surface area contributed by atoms with Gasteiger partial charge in [-0.1, -0.05) is 6.92 Å². The highest BCUT2D eigenvalue weighted by molar-refractivity contribution is 5.39. The van der Waals surface area contributed by atoms with E-state index in [0.717, 1.165) is 13.1 Å². The maximum absolute atomic E-state index is 10.7. The van der Waals surface area contributed by atoms with E-state index >= 15 is 0 Å². The monoisotopic (exact) mass is 212 g/mol. The topological polar surface area (TPSA) is 73.0 Å². The standard InChI is InChI=1S/C9H16N4O2/c1-4-10-5-6-12-8(3)9(13(14)15)7(2)11-12/h10H,4-6H2,1-3H3. The van der Waals surface area contributed by atoms with E-state index in [-0.39, 0.29) is 10.6 Å². The Kier molecular flexibility index (Phi) is 3.79. The van der Waals surface area contributed by atoms with Gasteiger partial charge in [0.15, 0.2) is 0 Å². The average molecular weight is 212 g/mol. The molecule has 1 rings (SSSR count). The lowest BCUT2D eigenvalue weighted by molar-refractivity contribution is -0.386. The van der Waals surface area contributed by atoms with E-state index < -0.39 is 0 Å². The lowest BCUT2D eigenvalue weighted by Crippen LogP contribution is -2.20. The molecule has 1 aromatic heterocycles. The third-order valence-electron chi connectivity index (χ3n) is 2.28. The molecule has 0 aliphatic heterocycles. The van der Waals surface area contributed by atoms with Gasteiger partial charge >= 0.3 is 5.69 Å². The van der Waals surface area contributed by atoms with Crippen LogP contribution in [0, 0.1) is 24.0 Å². The second-order valence-electron chi connectivity index (χ2n) is 3.35. The van der Waals surface area contributed by atoms with Gasteiger partial charge in [0, 0.05) is 6.54 Å². The predicted molar refractivity (Wildman–Crippen MR) is 56.9 cm³/mol. The van der Waals surface area contributed by atoms with E-state index in [9.17, 15) is 10.1 Å². The minimum absolute atomic E-state index is 0.131. The van der Waals surface area contributed by atoms with Crippen molar-refractivity contribution in [2.45, 2.75) is 27.3 Å². The normalized spacial score (nSPS) is 10.6. The van der Waals surface area contributed by atoms with Crippen LogP contribution in [-0.2, 0) is 6.54 Å². The summed E-state index contributed by atoms with van der Waals surface area (Å²) in [4.78, 5) is 10.3. The van der Waals surface area contributed by atoms with Crippen molar-refractivity contribution in [2.75, 3.05) is 13.1 Å². The number of nitrogens with one attached hydrogen (secondary N) is 1. The van der Waals surface area contributed by atoms with Gasteiger partial charge in [-0.2, -0.15) is 5.10 Å². The molecule has 15 heavy (non-hydrogen) atoms. The number of aryl methyl sites for hydroxylation is 1. The van der Waals surface area contributed by atoms with Gasteiger partial charge in [0.1, 0.15) is 11.4 Å². The summed E-state index contributed by atoms with van der Waals surface area (Å²) in [5, 5.41) is 18.0. The maximum Gasteiger partial charge on any atom is 0.312 e. The molecule has 6 heteroatoms. The third kappa shape index (κ3) is 2.53. The first-order valence-electron chi connectivity index (χ1n) is 4.97. The van der Waals surface area contributed by atoms with Crippen LogP contribution in [0.15, 0.2) is 0 Å². The van der Waals surface area contributed by atoms with Crippen molar-refractivity contribution in [1.29, 1.82) is 0 Å². The summed E-state index contributed by atoms with van der Waals surface area (Å²) in [6, 6.07) is 0. The van der Waals surface area contributed by atoms with Crippen LogP contribution in [0.2, 0.25) is 0 Å². The molecule has 0 fully saturated rings. The van der Waals surface area contributed by atoms with Gasteiger partial charge in [-0.15, -0.1) is 0 Å². The lowest BCUT2D eigenvalue weighted by atomic mass is 10.3. The van der Waals surface area contributed by atoms with Crippen LogP contribution in [0.3, 0.4) is 0 Å². The van der Waals surface area contributed by atoms with Crippen LogP contribution in [-0.4, -0.2) is 27.8 Å². The molecule has 0 saturated heterocycles. The molecule has 1 aromatic rings. The van der Waals surface area contributed by atoms with Gasteiger partial charge in [0.05, 0.1) is 11.5 Å². The Morgan fingerprint density at radius 1 is 1.53 bits per heavy atom. The third-order valence-corrected chi connectivity index (χ3v) is 2.28. The van der Waals surface area contributed by atoms with E-state index in [1.54, 1.807) is 18.5 Å². The fourth-order valence-corrected chi connectivity index (χ4v) is 1.53. The van der Waals surface area contributed by atoms with Crippen molar-refractivity contribution in [3.8, 4) is 0 Å². The molecule has 0 unspecified atom stereocenters. The Labute approximate surface area is 88.4 Å². The molecule has 1 N–H and O–H groups in total. The molecule has 0 aliphatic rings. The van der Waals surface area contributed by atoms with Crippen LogP contribution in [0.5, 0.6) is 0 Å². The minimum atomic E-state index is -0.374. The number of aromatic nitrogens is 2. The smallest absolute Gasteiger partial charge is 0.312 e. The molecular formula is C9H16N4O2. The molecule has 6 nitrogen and oxygen atoms in total. The number of nitrogens with zero attached hydrogens (tertiary/aromatic N) is 3. The molecule has 0 bridgehead atoms. The van der Waals surface area contributed by atoms with Crippen LogP contribution < -0.4 is 5.32 Å². The molecule has 0 atom stereocenters. The van der Waals surface area contributed by atoms with E-state index in [1.807, 2.05) is 6.92 Å². The number of hydrogen-bond acceptors (Lipinski definition) is 4. The average Bonchev–Trinajstić information content (AvgIpc) is 2.42. The highest BCUT2D eigenvalue weighted by Crippen LogP contribution is 2.21. The van der Waals surface area contributed by atoms with E-state index in [4.69, 9.17) is 0 Å². The van der Waals surface area contributed by atoms with Crippen LogP contribution in [0.4, 0.5) is 5.69 Å². The Bertz CT molecular complexity index is 359. The zero-order chi connectivity index (χ0) is 11.4. The highest BCUT2D eigenvalue weighted by atomic mass is 16.6. The second-order valence-corrected chi connectivity index (χ2v) is 3.35. The summed E-state index contributed by atoms with van der Waals surface area (Å²) in [7, 11) is 0. The summed E-state index contributed by atoms with van der Waals surface area (Å²) in [6.45, 7) is 7.73. The lowest BCUT2D eigenvalue weighted by Gasteiger charge is -2.03. The zero-order valence-electron chi connectivity index (χ0n) is 9.28. The summed E-state index contributed by atoms with van der Waals surface area (Å²) in [5.74, 6) is 0. The fraction of sp³-hybridized carbons (Fsp3) is 0.667. The molecule has 84 valence electrons. The largest absolute Gasteiger partial charge is 0.315 e. The van der Waals surface area contributed by atoms with Crippen molar-refractivity contribution in [3.63, 3.8) is 0 Å². The number of likely N-dealkylation sites (N-methyl/N-ethyl adjacent to an activating group) is 1. The van der Waals surface area contributed by atoms with E-state index in [1.165, 1.54) is 0 Å². The molecule has 0 spiro atoms. The van der Waals surface area contributed by atoms with Crippen molar-refractivity contribution in [3.05, 3.63) is 21.5 Å². The summed E-state index contributed by atoms with van der Waals surface area (Å²) < 4.78 is 1.68. The summed E-state index contributed by atoms with van der Waals surface area (Å²) >= 11 is 0. The SMILES string of the molecule is CCNCCn1nc(C)c([N+](=O)[O-])c1C. The summed E-state index contributed by atoms with van der Waals surface area (Å²) in [5.41, 5.74) is 1.23. The molecular weight excluding hydrogens is 196 g/mol. The molecule has 1 heterocycles. The van der Waals surface area contributed by atoms with Crippen LogP contribution in [0.1, 0.15) is 18.3 Å². The number of rotatable bonds is 5. The molecule has 0 aliphatic carbocycles. The van der Waals surface area contributed by atoms with E-state index in [0.29, 0.717) is 17.9 Å².